The van der Waals surface area contributed by atoms with E-state index in [1.165, 1.54) is 9.75 Å². The van der Waals surface area contributed by atoms with Crippen LogP contribution in [0.3, 0.4) is 0 Å². The Balaban J connectivity index is 0.00000220. The summed E-state index contributed by atoms with van der Waals surface area (Å²) in [4.78, 5) is 15.2. The van der Waals surface area contributed by atoms with Gasteiger partial charge in [0, 0.05) is 23.0 Å². The third kappa shape index (κ3) is 5.96. The molecule has 0 spiro atoms. The highest BCUT2D eigenvalue weighted by Gasteiger charge is 2.01. The van der Waals surface area contributed by atoms with Gasteiger partial charge in [-0.1, -0.05) is 0 Å². The molecule has 2 heterocycles. The first-order valence-corrected chi connectivity index (χ1v) is 7.27. The molecule has 0 radical (unpaired) electrons. The van der Waals surface area contributed by atoms with E-state index in [4.69, 9.17) is 0 Å². The van der Waals surface area contributed by atoms with Gasteiger partial charge in [0.25, 0.3) is 0 Å². The number of nitrogens with zero attached hydrogens (tertiary/aromatic N) is 3. The number of aryl methyl sites for hydroxylation is 2. The monoisotopic (exact) mass is 417 g/mol. The number of aliphatic imine (C=N–C) groups is 1. The molecule has 0 saturated heterocycles. The summed E-state index contributed by atoms with van der Waals surface area (Å²) in [5, 5.41) is 6.53. The van der Waals surface area contributed by atoms with Gasteiger partial charge in [-0.25, -0.2) is 9.97 Å². The molecule has 0 atom stereocenters. The van der Waals surface area contributed by atoms with Crippen LogP contribution in [0.1, 0.15) is 21.3 Å². The first kappa shape index (κ1) is 17.8. The van der Waals surface area contributed by atoms with E-state index >= 15 is 0 Å². The minimum Gasteiger partial charge on any atom is -0.352 e. The minimum absolute atomic E-state index is 0. The zero-order valence-corrected chi connectivity index (χ0v) is 15.5. The van der Waals surface area contributed by atoms with E-state index in [2.05, 4.69) is 44.7 Å². The lowest BCUT2D eigenvalue weighted by atomic mass is 10.4. The summed E-state index contributed by atoms with van der Waals surface area (Å²) in [6.07, 6.45) is 1.77. The molecule has 0 unspecified atom stereocenters. The summed E-state index contributed by atoms with van der Waals surface area (Å²) in [6.45, 7) is 5.40. The normalized spacial score (nSPS) is 10.9. The lowest BCUT2D eigenvalue weighted by Crippen LogP contribution is -2.36. The number of aromatic nitrogens is 2. The third-order valence-corrected chi connectivity index (χ3v) is 3.72. The van der Waals surface area contributed by atoms with Gasteiger partial charge in [-0.15, -0.1) is 35.3 Å². The van der Waals surface area contributed by atoms with Crippen molar-refractivity contribution in [2.45, 2.75) is 26.9 Å². The summed E-state index contributed by atoms with van der Waals surface area (Å²) in [5.74, 6) is 1.55. The number of hydrogen-bond donors (Lipinski definition) is 2. The molecule has 0 saturated carbocycles. The maximum Gasteiger partial charge on any atom is 0.191 e. The first-order valence-electron chi connectivity index (χ1n) is 6.45. The Morgan fingerprint density at radius 3 is 2.57 bits per heavy atom. The second-order valence-electron chi connectivity index (χ2n) is 4.39. The van der Waals surface area contributed by atoms with Crippen LogP contribution in [0.25, 0.3) is 0 Å². The quantitative estimate of drug-likeness (QED) is 0.456. The van der Waals surface area contributed by atoms with Crippen molar-refractivity contribution in [3.05, 3.63) is 45.7 Å². The van der Waals surface area contributed by atoms with E-state index in [0.717, 1.165) is 24.0 Å². The highest BCUT2D eigenvalue weighted by molar-refractivity contribution is 14.0. The Bertz CT molecular complexity index is 597. The molecule has 21 heavy (non-hydrogen) atoms. The number of guanidine groups is 1. The van der Waals surface area contributed by atoms with Crippen molar-refractivity contribution < 1.29 is 0 Å². The summed E-state index contributed by atoms with van der Waals surface area (Å²) >= 11 is 1.79. The molecule has 114 valence electrons. The Morgan fingerprint density at radius 2 is 1.95 bits per heavy atom. The van der Waals surface area contributed by atoms with Crippen molar-refractivity contribution in [2.24, 2.45) is 4.99 Å². The summed E-state index contributed by atoms with van der Waals surface area (Å²) < 4.78 is 0. The van der Waals surface area contributed by atoms with Crippen molar-refractivity contribution in [1.29, 1.82) is 0 Å². The van der Waals surface area contributed by atoms with Crippen LogP contribution in [-0.4, -0.2) is 23.0 Å². The molecule has 0 amide bonds. The molecule has 0 fully saturated rings. The molecule has 0 aromatic carbocycles. The predicted octanol–water partition coefficient (Wildman–Crippen LogP) is 2.64. The van der Waals surface area contributed by atoms with Crippen molar-refractivity contribution >= 4 is 41.3 Å². The zero-order chi connectivity index (χ0) is 14.4. The molecular weight excluding hydrogens is 397 g/mol. The highest BCUT2D eigenvalue weighted by Crippen LogP contribution is 2.14. The molecule has 2 aromatic heterocycles. The van der Waals surface area contributed by atoms with Crippen LogP contribution in [0.15, 0.2) is 29.4 Å². The predicted molar refractivity (Wildman–Crippen MR) is 98.3 cm³/mol. The first-order chi connectivity index (χ1) is 9.67. The largest absolute Gasteiger partial charge is 0.352 e. The Morgan fingerprint density at radius 1 is 1.19 bits per heavy atom. The molecule has 2 N–H and O–H groups in total. The van der Waals surface area contributed by atoms with E-state index in [9.17, 15) is 0 Å². The fourth-order valence-corrected chi connectivity index (χ4v) is 2.58. The lowest BCUT2D eigenvalue weighted by Gasteiger charge is -2.10. The van der Waals surface area contributed by atoms with Gasteiger partial charge in [0.05, 0.1) is 18.8 Å². The van der Waals surface area contributed by atoms with Crippen LogP contribution in [0.2, 0.25) is 0 Å². The van der Waals surface area contributed by atoms with E-state index in [-0.39, 0.29) is 24.0 Å². The van der Waals surface area contributed by atoms with Crippen LogP contribution >= 0.6 is 35.3 Å². The number of nitrogens with one attached hydrogen (secondary N) is 2. The average Bonchev–Trinajstić information content (AvgIpc) is 2.85. The summed E-state index contributed by atoms with van der Waals surface area (Å²) in [5.41, 5.74) is 0.951. The molecule has 0 aliphatic carbocycles. The van der Waals surface area contributed by atoms with Crippen LogP contribution in [0.5, 0.6) is 0 Å². The summed E-state index contributed by atoms with van der Waals surface area (Å²) in [6, 6.07) is 6.16. The smallest absolute Gasteiger partial charge is 0.191 e. The zero-order valence-electron chi connectivity index (χ0n) is 12.4. The lowest BCUT2D eigenvalue weighted by molar-refractivity contribution is 0.790. The average molecular weight is 417 g/mol. The number of thiophene rings is 1. The maximum atomic E-state index is 4.35. The Hall–Kier alpha value is -1.22. The molecule has 2 rings (SSSR count). The molecule has 0 aliphatic heterocycles. The van der Waals surface area contributed by atoms with Crippen molar-refractivity contribution in [1.82, 2.24) is 20.6 Å². The fraction of sp³-hybridized carbons (Fsp3) is 0.357. The summed E-state index contributed by atoms with van der Waals surface area (Å²) in [7, 11) is 1.76. The SMILES string of the molecule is CN=C(NCc1ccnc(C)n1)NCc1ccc(C)s1.I. The Labute approximate surface area is 146 Å². The van der Waals surface area contributed by atoms with Crippen LogP contribution in [0.4, 0.5) is 0 Å². The van der Waals surface area contributed by atoms with E-state index in [0.29, 0.717) is 6.54 Å². The van der Waals surface area contributed by atoms with E-state index < -0.39 is 0 Å². The fourth-order valence-electron chi connectivity index (χ4n) is 1.75. The van der Waals surface area contributed by atoms with Gasteiger partial charge >= 0.3 is 0 Å². The van der Waals surface area contributed by atoms with E-state index in [1.807, 2.05) is 13.0 Å². The van der Waals surface area contributed by atoms with Gasteiger partial charge in [-0.3, -0.25) is 4.99 Å². The van der Waals surface area contributed by atoms with Crippen molar-refractivity contribution in [3.63, 3.8) is 0 Å². The number of halogens is 1. The van der Waals surface area contributed by atoms with Gasteiger partial charge < -0.3 is 10.6 Å². The van der Waals surface area contributed by atoms with Crippen LogP contribution in [-0.2, 0) is 13.1 Å². The second-order valence-corrected chi connectivity index (χ2v) is 5.76. The molecule has 0 aliphatic rings. The molecule has 0 bridgehead atoms. The standard InChI is InChI=1S/C14H19N5S.HI/c1-10-4-5-13(20-10)9-18-14(15-3)17-8-12-6-7-16-11(2)19-12;/h4-7H,8-9H2,1-3H3,(H2,15,17,18);1H. The number of rotatable bonds is 4. The minimum atomic E-state index is 0. The van der Waals surface area contributed by atoms with Crippen molar-refractivity contribution in [3.8, 4) is 0 Å². The molecule has 7 heteroatoms. The maximum absolute atomic E-state index is 4.35. The van der Waals surface area contributed by atoms with Gasteiger partial charge in [-0.2, -0.15) is 0 Å². The van der Waals surface area contributed by atoms with Gasteiger partial charge in [0.15, 0.2) is 5.96 Å². The van der Waals surface area contributed by atoms with Gasteiger partial charge in [0.1, 0.15) is 5.82 Å². The van der Waals surface area contributed by atoms with Gasteiger partial charge in [0.2, 0.25) is 0 Å². The van der Waals surface area contributed by atoms with Crippen LogP contribution in [0, 0.1) is 13.8 Å². The van der Waals surface area contributed by atoms with Gasteiger partial charge in [-0.05, 0) is 32.0 Å². The van der Waals surface area contributed by atoms with Crippen molar-refractivity contribution in [2.75, 3.05) is 7.05 Å². The highest BCUT2D eigenvalue weighted by atomic mass is 127. The third-order valence-electron chi connectivity index (χ3n) is 2.72. The Kier molecular flexibility index (Phi) is 7.58. The molecule has 2 aromatic rings. The second kappa shape index (κ2) is 8.93. The number of hydrogen-bond acceptors (Lipinski definition) is 4. The van der Waals surface area contributed by atoms with Crippen LogP contribution < -0.4 is 10.6 Å². The topological polar surface area (TPSA) is 62.2 Å². The molecular formula is C14H20IN5S. The van der Waals surface area contributed by atoms with E-state index in [1.54, 1.807) is 24.6 Å². The molecule has 5 nitrogen and oxygen atoms in total.